The third kappa shape index (κ3) is 2.09. The van der Waals surface area contributed by atoms with Crippen LogP contribution in [-0.2, 0) is 5.75 Å². The molecule has 0 bridgehead atoms. The van der Waals surface area contributed by atoms with Gasteiger partial charge < -0.3 is 0 Å². The highest BCUT2D eigenvalue weighted by Crippen LogP contribution is 2.27. The number of aromatic nitrogens is 1. The molecule has 0 aromatic carbocycles. The number of hydrogen-bond donors (Lipinski definition) is 0. The molecule has 0 radical (unpaired) electrons. The van der Waals surface area contributed by atoms with Gasteiger partial charge in [0, 0.05) is 10.6 Å². The monoisotopic (exact) mass is 213 g/mol. The third-order valence-corrected chi connectivity index (χ3v) is 4.46. The fraction of sp³-hybridized carbons (Fsp3) is 0.125. The van der Waals surface area contributed by atoms with Crippen LogP contribution in [0.3, 0.4) is 0 Å². The quantitative estimate of drug-likeness (QED) is 0.724. The van der Waals surface area contributed by atoms with E-state index in [1.165, 1.54) is 9.09 Å². The van der Waals surface area contributed by atoms with Crippen molar-refractivity contribution in [1.82, 2.24) is 4.98 Å². The van der Waals surface area contributed by atoms with E-state index in [1.807, 2.05) is 34.8 Å². The number of thioether (sulfide) groups is 1. The molecule has 0 amide bonds. The summed E-state index contributed by atoms with van der Waals surface area (Å²) in [5, 5.41) is 2.11. The van der Waals surface area contributed by atoms with E-state index in [0.717, 1.165) is 5.75 Å². The van der Waals surface area contributed by atoms with Crippen molar-refractivity contribution in [2.24, 2.45) is 0 Å². The topological polar surface area (TPSA) is 12.9 Å². The van der Waals surface area contributed by atoms with Crippen LogP contribution in [0.5, 0.6) is 0 Å². The summed E-state index contributed by atoms with van der Waals surface area (Å²) in [5.74, 6) is 1.07. The summed E-state index contributed by atoms with van der Waals surface area (Å²) < 4.78 is 1.29. The van der Waals surface area contributed by atoms with Crippen LogP contribution in [0, 0.1) is 0 Å². The Hall–Kier alpha value is -0.320. The van der Waals surface area contributed by atoms with E-state index in [0.29, 0.717) is 0 Å². The van der Waals surface area contributed by atoms with Crippen LogP contribution in [-0.4, -0.2) is 4.98 Å². The average Bonchev–Trinajstić information content (AvgIpc) is 2.74. The summed E-state index contributed by atoms with van der Waals surface area (Å²) in [5.41, 5.74) is 1.87. The van der Waals surface area contributed by atoms with Gasteiger partial charge in [0.05, 0.1) is 15.9 Å². The molecular weight excluding hydrogens is 206 g/mol. The Morgan fingerprint density at radius 2 is 2.42 bits per heavy atom. The number of thiazole rings is 1. The molecule has 0 aliphatic heterocycles. The summed E-state index contributed by atoms with van der Waals surface area (Å²) >= 11 is 5.36. The molecule has 2 heterocycles. The van der Waals surface area contributed by atoms with Crippen molar-refractivity contribution >= 4 is 34.4 Å². The molecule has 0 saturated carbocycles. The predicted octanol–water partition coefficient (Wildman–Crippen LogP) is 3.50. The zero-order chi connectivity index (χ0) is 8.23. The van der Waals surface area contributed by atoms with Gasteiger partial charge in [0.15, 0.2) is 0 Å². The van der Waals surface area contributed by atoms with Gasteiger partial charge in [0.1, 0.15) is 0 Å². The van der Waals surface area contributed by atoms with Gasteiger partial charge >= 0.3 is 0 Å². The number of thiophene rings is 1. The van der Waals surface area contributed by atoms with E-state index in [9.17, 15) is 0 Å². The van der Waals surface area contributed by atoms with Crippen molar-refractivity contribution < 1.29 is 0 Å². The maximum atomic E-state index is 4.02. The lowest BCUT2D eigenvalue weighted by atomic mass is 10.5. The molecule has 0 N–H and O–H groups in total. The van der Waals surface area contributed by atoms with E-state index in [1.54, 1.807) is 11.3 Å². The highest BCUT2D eigenvalue weighted by atomic mass is 32.2. The van der Waals surface area contributed by atoms with E-state index in [2.05, 4.69) is 22.5 Å². The van der Waals surface area contributed by atoms with Gasteiger partial charge in [-0.05, 0) is 11.4 Å². The first kappa shape index (κ1) is 8.29. The molecule has 0 aliphatic carbocycles. The summed E-state index contributed by atoms with van der Waals surface area (Å²) in [4.78, 5) is 5.45. The maximum Gasteiger partial charge on any atom is 0.0803 e. The first-order valence-electron chi connectivity index (χ1n) is 3.49. The first-order valence-corrected chi connectivity index (χ1v) is 6.23. The standard InChI is InChI=1S/C8H7NS3/c1-2-7(10-3-1)5-11-8-4-9-6-12-8/h1-4,6H,5H2. The Labute approximate surface area is 83.5 Å². The van der Waals surface area contributed by atoms with Crippen LogP contribution in [0.25, 0.3) is 0 Å². The zero-order valence-electron chi connectivity index (χ0n) is 6.27. The van der Waals surface area contributed by atoms with Crippen LogP contribution in [0.1, 0.15) is 4.88 Å². The van der Waals surface area contributed by atoms with E-state index in [-0.39, 0.29) is 0 Å². The minimum atomic E-state index is 1.07. The Kier molecular flexibility index (Phi) is 2.81. The first-order chi connectivity index (χ1) is 5.95. The van der Waals surface area contributed by atoms with Crippen molar-refractivity contribution in [2.75, 3.05) is 0 Å². The zero-order valence-corrected chi connectivity index (χ0v) is 8.72. The second-order valence-electron chi connectivity index (χ2n) is 2.19. The summed E-state index contributed by atoms with van der Waals surface area (Å²) in [7, 11) is 0. The van der Waals surface area contributed by atoms with Crippen LogP contribution < -0.4 is 0 Å². The van der Waals surface area contributed by atoms with Crippen molar-refractivity contribution in [3.05, 3.63) is 34.1 Å². The molecule has 2 aromatic heterocycles. The molecule has 0 unspecified atom stereocenters. The van der Waals surface area contributed by atoms with Crippen molar-refractivity contribution in [1.29, 1.82) is 0 Å². The second-order valence-corrected chi connectivity index (χ2v) is 5.38. The van der Waals surface area contributed by atoms with E-state index >= 15 is 0 Å². The Morgan fingerprint density at radius 3 is 3.08 bits per heavy atom. The molecule has 0 fully saturated rings. The smallest absolute Gasteiger partial charge is 0.0803 e. The van der Waals surface area contributed by atoms with Crippen LogP contribution in [0.2, 0.25) is 0 Å². The van der Waals surface area contributed by atoms with Gasteiger partial charge in [-0.3, -0.25) is 4.98 Å². The lowest BCUT2D eigenvalue weighted by molar-refractivity contribution is 1.37. The molecule has 0 saturated heterocycles. The Morgan fingerprint density at radius 1 is 1.42 bits per heavy atom. The number of hydrogen-bond acceptors (Lipinski definition) is 4. The van der Waals surface area contributed by atoms with Gasteiger partial charge in [-0.1, -0.05) is 6.07 Å². The fourth-order valence-electron chi connectivity index (χ4n) is 0.812. The number of rotatable bonds is 3. The molecule has 2 aromatic rings. The molecule has 0 aliphatic rings. The fourth-order valence-corrected chi connectivity index (χ4v) is 3.19. The Balaban J connectivity index is 1.91. The van der Waals surface area contributed by atoms with Gasteiger partial charge in [-0.2, -0.15) is 0 Å². The molecule has 12 heavy (non-hydrogen) atoms. The molecular formula is C8H7NS3. The largest absolute Gasteiger partial charge is 0.252 e. The van der Waals surface area contributed by atoms with Gasteiger partial charge in [-0.25, -0.2) is 0 Å². The van der Waals surface area contributed by atoms with Crippen molar-refractivity contribution in [2.45, 2.75) is 9.96 Å². The van der Waals surface area contributed by atoms with Crippen LogP contribution in [0.15, 0.2) is 33.4 Å². The summed E-state index contributed by atoms with van der Waals surface area (Å²) in [6, 6.07) is 4.26. The molecule has 2 rings (SSSR count). The van der Waals surface area contributed by atoms with Crippen molar-refractivity contribution in [3.8, 4) is 0 Å². The van der Waals surface area contributed by atoms with Gasteiger partial charge in [0.25, 0.3) is 0 Å². The Bertz CT molecular complexity index is 278. The van der Waals surface area contributed by atoms with Crippen molar-refractivity contribution in [3.63, 3.8) is 0 Å². The summed E-state index contributed by atoms with van der Waals surface area (Å²) in [6.45, 7) is 0. The number of nitrogens with zero attached hydrogens (tertiary/aromatic N) is 1. The minimum absolute atomic E-state index is 1.07. The van der Waals surface area contributed by atoms with Gasteiger partial charge in [0.2, 0.25) is 0 Å². The summed E-state index contributed by atoms with van der Waals surface area (Å²) in [6.07, 6.45) is 1.92. The van der Waals surface area contributed by atoms with E-state index < -0.39 is 0 Å². The third-order valence-electron chi connectivity index (χ3n) is 1.35. The highest BCUT2D eigenvalue weighted by Gasteiger charge is 1.97. The SMILES string of the molecule is c1csc(CSc2cncs2)c1. The lowest BCUT2D eigenvalue weighted by Gasteiger charge is -1.92. The van der Waals surface area contributed by atoms with Crippen LogP contribution >= 0.6 is 34.4 Å². The predicted molar refractivity (Wildman–Crippen MR) is 56.0 cm³/mol. The molecule has 62 valence electrons. The molecule has 0 atom stereocenters. The molecule has 1 nitrogen and oxygen atoms in total. The average molecular weight is 213 g/mol. The second kappa shape index (κ2) is 4.07. The lowest BCUT2D eigenvalue weighted by Crippen LogP contribution is -1.68. The highest BCUT2D eigenvalue weighted by molar-refractivity contribution is 8.00. The van der Waals surface area contributed by atoms with E-state index in [4.69, 9.17) is 0 Å². The normalized spacial score (nSPS) is 10.3. The molecule has 0 spiro atoms. The maximum absolute atomic E-state index is 4.02. The van der Waals surface area contributed by atoms with Crippen LogP contribution in [0.4, 0.5) is 0 Å². The molecule has 4 heteroatoms. The van der Waals surface area contributed by atoms with Gasteiger partial charge in [-0.15, -0.1) is 34.4 Å². The minimum Gasteiger partial charge on any atom is -0.252 e.